The molecule has 0 N–H and O–H groups in total. The number of hydrogen-bond donors (Lipinski definition) is 0. The fourth-order valence-corrected chi connectivity index (χ4v) is 4.91. The lowest BCUT2D eigenvalue weighted by Crippen LogP contribution is -2.35. The van der Waals surface area contributed by atoms with Crippen LogP contribution in [0.2, 0.25) is 0 Å². The topological polar surface area (TPSA) is 63.5 Å². The molecule has 0 aliphatic carbocycles. The molecule has 2 aromatic heterocycles. The number of rotatable bonds is 5. The van der Waals surface area contributed by atoms with Crippen LogP contribution in [-0.2, 0) is 0 Å². The monoisotopic (exact) mass is 483 g/mol. The van der Waals surface area contributed by atoms with Crippen molar-refractivity contribution < 1.29 is 9.53 Å². The van der Waals surface area contributed by atoms with Crippen LogP contribution >= 0.6 is 0 Å². The van der Waals surface area contributed by atoms with E-state index in [1.165, 1.54) is 0 Å². The van der Waals surface area contributed by atoms with Gasteiger partial charge in [-0.2, -0.15) is 5.10 Å². The van der Waals surface area contributed by atoms with E-state index < -0.39 is 0 Å². The zero-order valence-corrected chi connectivity index (χ0v) is 21.4. The molecule has 7 nitrogen and oxygen atoms in total. The Hall–Kier alpha value is -3.87. The molecule has 3 heterocycles. The predicted octanol–water partition coefficient (Wildman–Crippen LogP) is 5.35. The van der Waals surface area contributed by atoms with Gasteiger partial charge in [-0.3, -0.25) is 4.79 Å². The van der Waals surface area contributed by atoms with Gasteiger partial charge in [0.2, 0.25) is 0 Å². The first-order valence-electron chi connectivity index (χ1n) is 12.6. The van der Waals surface area contributed by atoms with Crippen LogP contribution in [0.1, 0.15) is 42.2 Å². The van der Waals surface area contributed by atoms with Crippen LogP contribution in [0.5, 0.6) is 5.75 Å². The maximum Gasteiger partial charge on any atom is 0.254 e. The minimum atomic E-state index is 0.0390. The van der Waals surface area contributed by atoms with E-state index in [9.17, 15) is 4.79 Å². The fourth-order valence-electron chi connectivity index (χ4n) is 4.91. The highest BCUT2D eigenvalue weighted by atomic mass is 16.5. The van der Waals surface area contributed by atoms with E-state index in [1.54, 1.807) is 13.3 Å². The van der Waals surface area contributed by atoms with E-state index in [2.05, 4.69) is 55.0 Å². The van der Waals surface area contributed by atoms with Gasteiger partial charge in [0.25, 0.3) is 5.91 Å². The molecule has 1 aliphatic rings. The number of aromatic nitrogens is 3. The van der Waals surface area contributed by atoms with Crippen LogP contribution in [0.15, 0.2) is 60.8 Å². The van der Waals surface area contributed by atoms with Crippen LogP contribution in [-0.4, -0.2) is 58.9 Å². The van der Waals surface area contributed by atoms with E-state index in [0.29, 0.717) is 18.7 Å². The van der Waals surface area contributed by atoms with Crippen molar-refractivity contribution in [3.8, 4) is 17.0 Å². The van der Waals surface area contributed by atoms with E-state index in [0.717, 1.165) is 58.8 Å². The zero-order valence-electron chi connectivity index (χ0n) is 21.4. The molecule has 1 fully saturated rings. The second-order valence-corrected chi connectivity index (χ2v) is 9.62. The Morgan fingerprint density at radius 3 is 2.50 bits per heavy atom. The fraction of sp³-hybridized carbons (Fsp3) is 0.345. The molecular weight excluding hydrogens is 450 g/mol. The number of anilines is 1. The first-order chi connectivity index (χ1) is 17.5. The quantitative estimate of drug-likeness (QED) is 0.383. The molecule has 0 atom stereocenters. The summed E-state index contributed by atoms with van der Waals surface area (Å²) in [6.45, 7) is 9.30. The van der Waals surface area contributed by atoms with Gasteiger partial charge in [0.05, 0.1) is 30.0 Å². The lowest BCUT2D eigenvalue weighted by atomic mass is 10.0. The summed E-state index contributed by atoms with van der Waals surface area (Å²) in [5.74, 6) is 0.885. The van der Waals surface area contributed by atoms with Crippen molar-refractivity contribution in [1.29, 1.82) is 0 Å². The van der Waals surface area contributed by atoms with Gasteiger partial charge < -0.3 is 14.5 Å². The Morgan fingerprint density at radius 2 is 1.78 bits per heavy atom. The Labute approximate surface area is 212 Å². The van der Waals surface area contributed by atoms with Crippen molar-refractivity contribution in [3.63, 3.8) is 0 Å². The molecule has 0 bridgehead atoms. The lowest BCUT2D eigenvalue weighted by Gasteiger charge is -2.24. The number of methoxy groups -OCH3 is 1. The maximum atomic E-state index is 14.0. The third kappa shape index (κ3) is 4.53. The number of ether oxygens (including phenoxy) is 1. The van der Waals surface area contributed by atoms with Gasteiger partial charge in [0.15, 0.2) is 5.65 Å². The van der Waals surface area contributed by atoms with Crippen molar-refractivity contribution >= 4 is 22.6 Å². The number of carbonyl (C=O) groups excluding carboxylic acids is 1. The number of carbonyl (C=O) groups is 1. The molecular formula is C29H33N5O2. The van der Waals surface area contributed by atoms with Gasteiger partial charge in [0.1, 0.15) is 5.75 Å². The molecule has 0 radical (unpaired) electrons. The predicted molar refractivity (Wildman–Crippen MR) is 144 cm³/mol. The van der Waals surface area contributed by atoms with Crippen LogP contribution in [0.3, 0.4) is 0 Å². The van der Waals surface area contributed by atoms with Crippen molar-refractivity contribution in [1.82, 2.24) is 19.7 Å². The molecule has 0 saturated carbocycles. The van der Waals surface area contributed by atoms with Gasteiger partial charge >= 0.3 is 0 Å². The molecule has 0 spiro atoms. The summed E-state index contributed by atoms with van der Waals surface area (Å²) in [5, 5.41) is 5.40. The molecule has 36 heavy (non-hydrogen) atoms. The lowest BCUT2D eigenvalue weighted by molar-refractivity contribution is 0.0769. The summed E-state index contributed by atoms with van der Waals surface area (Å²) in [5.41, 5.74) is 5.54. The highest BCUT2D eigenvalue weighted by Crippen LogP contribution is 2.29. The number of amides is 1. The minimum Gasteiger partial charge on any atom is -0.497 e. The molecule has 0 unspecified atom stereocenters. The summed E-state index contributed by atoms with van der Waals surface area (Å²) in [6.07, 6.45) is 2.70. The normalized spacial score (nSPS) is 14.4. The van der Waals surface area contributed by atoms with Crippen LogP contribution in [0, 0.1) is 6.92 Å². The van der Waals surface area contributed by atoms with E-state index in [4.69, 9.17) is 9.72 Å². The van der Waals surface area contributed by atoms with Gasteiger partial charge in [-0.25, -0.2) is 9.67 Å². The third-order valence-electron chi connectivity index (χ3n) is 6.93. The number of hydrogen-bond acceptors (Lipinski definition) is 5. The van der Waals surface area contributed by atoms with Crippen LogP contribution < -0.4 is 9.64 Å². The summed E-state index contributed by atoms with van der Waals surface area (Å²) in [7, 11) is 1.68. The van der Waals surface area contributed by atoms with E-state index >= 15 is 0 Å². The molecule has 1 amide bonds. The Morgan fingerprint density at radius 1 is 1.00 bits per heavy atom. The average Bonchev–Trinajstić information content (AvgIpc) is 3.18. The highest BCUT2D eigenvalue weighted by Gasteiger charge is 2.25. The smallest absolute Gasteiger partial charge is 0.254 e. The summed E-state index contributed by atoms with van der Waals surface area (Å²) in [4.78, 5) is 23.3. The van der Waals surface area contributed by atoms with Crippen molar-refractivity contribution in [2.45, 2.75) is 33.2 Å². The number of pyridine rings is 1. The Balaban J connectivity index is 1.48. The first-order valence-corrected chi connectivity index (χ1v) is 12.6. The maximum absolute atomic E-state index is 14.0. The zero-order chi connectivity index (χ0) is 25.2. The van der Waals surface area contributed by atoms with Crippen molar-refractivity contribution in [3.05, 3.63) is 71.9 Å². The standard InChI is InChI=1S/C29H33N5O2/c1-20(2)34-28-26(19-30-34)25(18-27(31-28)24-9-6-5-8-21(24)3)29(35)33-15-7-14-32(16-17-33)22-10-12-23(36-4)13-11-22/h5-6,8-13,18-20H,7,14-17H2,1-4H3. The average molecular weight is 484 g/mol. The van der Waals surface area contributed by atoms with Crippen molar-refractivity contribution in [2.24, 2.45) is 0 Å². The Bertz CT molecular complexity index is 1380. The summed E-state index contributed by atoms with van der Waals surface area (Å²) < 4.78 is 7.20. The first kappa shape index (κ1) is 23.9. The third-order valence-corrected chi connectivity index (χ3v) is 6.93. The summed E-state index contributed by atoms with van der Waals surface area (Å²) >= 11 is 0. The molecule has 4 aromatic rings. The van der Waals surface area contributed by atoms with Crippen LogP contribution in [0.25, 0.3) is 22.3 Å². The van der Waals surface area contributed by atoms with Gasteiger partial charge in [0, 0.05) is 43.5 Å². The van der Waals surface area contributed by atoms with Gasteiger partial charge in [-0.05, 0) is 63.1 Å². The SMILES string of the molecule is COc1ccc(N2CCCN(C(=O)c3cc(-c4ccccc4C)nc4c3cnn4C(C)C)CC2)cc1. The summed E-state index contributed by atoms with van der Waals surface area (Å²) in [6, 6.07) is 18.4. The molecule has 7 heteroatoms. The van der Waals surface area contributed by atoms with Crippen molar-refractivity contribution in [2.75, 3.05) is 38.2 Å². The molecule has 1 aliphatic heterocycles. The molecule has 1 saturated heterocycles. The number of benzene rings is 2. The second-order valence-electron chi connectivity index (χ2n) is 9.62. The second kappa shape index (κ2) is 10.0. The number of nitrogens with zero attached hydrogens (tertiary/aromatic N) is 5. The molecule has 2 aromatic carbocycles. The number of aryl methyl sites for hydroxylation is 1. The Kier molecular flexibility index (Phi) is 6.63. The van der Waals surface area contributed by atoms with Gasteiger partial charge in [-0.1, -0.05) is 24.3 Å². The molecule has 5 rings (SSSR count). The largest absolute Gasteiger partial charge is 0.497 e. The molecule has 186 valence electrons. The minimum absolute atomic E-state index is 0.0390. The highest BCUT2D eigenvalue weighted by molar-refractivity contribution is 6.06. The van der Waals surface area contributed by atoms with E-state index in [1.807, 2.05) is 39.9 Å². The van der Waals surface area contributed by atoms with Gasteiger partial charge in [-0.15, -0.1) is 0 Å². The number of fused-ring (bicyclic) bond motifs is 1. The van der Waals surface area contributed by atoms with Crippen LogP contribution in [0.4, 0.5) is 5.69 Å². The van der Waals surface area contributed by atoms with E-state index in [-0.39, 0.29) is 11.9 Å².